The van der Waals surface area contributed by atoms with E-state index in [4.69, 9.17) is 4.74 Å². The van der Waals surface area contributed by atoms with Crippen molar-refractivity contribution < 1.29 is 9.53 Å². The van der Waals surface area contributed by atoms with E-state index in [0.717, 1.165) is 11.1 Å². The lowest BCUT2D eigenvalue weighted by atomic mass is 10.1. The number of ether oxygens (including phenoxy) is 1. The van der Waals surface area contributed by atoms with Crippen molar-refractivity contribution in [1.82, 2.24) is 20.4 Å². The van der Waals surface area contributed by atoms with Gasteiger partial charge < -0.3 is 4.74 Å². The van der Waals surface area contributed by atoms with Crippen LogP contribution in [0.1, 0.15) is 0 Å². The fraction of sp³-hybridized carbons (Fsp3) is 0.0952. The van der Waals surface area contributed by atoms with Crippen molar-refractivity contribution in [3.63, 3.8) is 0 Å². The number of carbonyl (C=O) groups excluding carboxylic acids is 1. The van der Waals surface area contributed by atoms with Gasteiger partial charge in [0.05, 0.1) is 11.1 Å². The zero-order valence-electron chi connectivity index (χ0n) is 15.6. The summed E-state index contributed by atoms with van der Waals surface area (Å²) in [5, 5.41) is 2.44. The second kappa shape index (κ2) is 8.26. The molecule has 0 saturated heterocycles. The van der Waals surface area contributed by atoms with E-state index < -0.39 is 0 Å². The summed E-state index contributed by atoms with van der Waals surface area (Å²) in [5.74, 6) is -0.377. The van der Waals surface area contributed by atoms with Gasteiger partial charge in [0.2, 0.25) is 0 Å². The number of aromatic nitrogens is 2. The molecule has 2 aromatic carbocycles. The second-order valence-electron chi connectivity index (χ2n) is 6.15. The van der Waals surface area contributed by atoms with Crippen molar-refractivity contribution in [1.29, 1.82) is 0 Å². The molecule has 0 fully saturated rings. The van der Waals surface area contributed by atoms with Crippen LogP contribution in [-0.2, 0) is 4.79 Å². The second-order valence-corrected chi connectivity index (χ2v) is 7.01. The van der Waals surface area contributed by atoms with E-state index in [-0.39, 0.29) is 24.1 Å². The summed E-state index contributed by atoms with van der Waals surface area (Å²) in [6.07, 6.45) is 0. The van der Waals surface area contributed by atoms with Crippen LogP contribution < -0.4 is 21.1 Å². The van der Waals surface area contributed by atoms with E-state index in [9.17, 15) is 9.59 Å². The Morgan fingerprint density at radius 1 is 1.10 bits per heavy atom. The summed E-state index contributed by atoms with van der Waals surface area (Å²) in [6, 6.07) is 18.9. The van der Waals surface area contributed by atoms with E-state index in [0.29, 0.717) is 15.9 Å². The topological polar surface area (TPSA) is 85.2 Å². The van der Waals surface area contributed by atoms with E-state index in [2.05, 4.69) is 15.8 Å². The molecule has 2 N–H and O–H groups in total. The number of para-hydroxylation sites is 1. The average Bonchev–Trinajstić information content (AvgIpc) is 3.18. The minimum atomic E-state index is -0.377. The molecule has 0 saturated carbocycles. The van der Waals surface area contributed by atoms with Crippen LogP contribution in [-0.4, -0.2) is 29.1 Å². The summed E-state index contributed by atoms with van der Waals surface area (Å²) < 4.78 is 7.01. The number of hydrogen-bond donors (Lipinski definition) is 2. The normalized spacial score (nSPS) is 10.8. The van der Waals surface area contributed by atoms with Gasteiger partial charge in [0, 0.05) is 18.0 Å². The Balaban J connectivity index is 1.89. The van der Waals surface area contributed by atoms with Crippen LogP contribution in [0.5, 0.6) is 6.01 Å². The molecular formula is C21H18N4O3S. The van der Waals surface area contributed by atoms with Crippen molar-refractivity contribution in [2.75, 3.05) is 13.7 Å². The third kappa shape index (κ3) is 3.75. The lowest BCUT2D eigenvalue weighted by molar-refractivity contribution is -0.124. The standard InChI is InChI=1S/C21H18N4O3S/c1-22-24-17(26)12-28-21-23-19-18(16(13-29-19)14-8-4-2-5-9-14)20(27)25(21)15-10-6-3-7-11-15/h2-11,13,22H,12H2,1H3,(H,24,26). The first-order valence-electron chi connectivity index (χ1n) is 8.92. The first kappa shape index (κ1) is 18.9. The molecule has 4 rings (SSSR count). The summed E-state index contributed by atoms with van der Waals surface area (Å²) in [7, 11) is 1.58. The molecule has 0 unspecified atom stereocenters. The number of benzene rings is 2. The quantitative estimate of drug-likeness (QED) is 0.481. The van der Waals surface area contributed by atoms with Crippen LogP contribution in [0.15, 0.2) is 70.8 Å². The molecule has 146 valence electrons. The molecule has 29 heavy (non-hydrogen) atoms. The number of hydrazine groups is 1. The molecule has 2 aromatic heterocycles. The Labute approximate surface area is 170 Å². The Morgan fingerprint density at radius 3 is 2.48 bits per heavy atom. The molecule has 0 radical (unpaired) electrons. The van der Waals surface area contributed by atoms with Crippen molar-refractivity contribution in [3.8, 4) is 22.8 Å². The molecule has 0 aliphatic heterocycles. The number of hydrogen-bond acceptors (Lipinski definition) is 6. The van der Waals surface area contributed by atoms with Crippen LogP contribution in [0.25, 0.3) is 27.0 Å². The Morgan fingerprint density at radius 2 is 1.79 bits per heavy atom. The number of fused-ring (bicyclic) bond motifs is 1. The number of nitrogens with zero attached hydrogens (tertiary/aromatic N) is 2. The first-order valence-corrected chi connectivity index (χ1v) is 9.80. The van der Waals surface area contributed by atoms with Gasteiger partial charge in [0.15, 0.2) is 6.61 Å². The molecule has 7 nitrogen and oxygen atoms in total. The fourth-order valence-electron chi connectivity index (χ4n) is 3.01. The minimum Gasteiger partial charge on any atom is -0.454 e. The van der Waals surface area contributed by atoms with Crippen LogP contribution in [0.4, 0.5) is 0 Å². The Hall–Kier alpha value is -3.49. The number of amides is 1. The predicted molar refractivity (Wildman–Crippen MR) is 113 cm³/mol. The highest BCUT2D eigenvalue weighted by Gasteiger charge is 2.19. The van der Waals surface area contributed by atoms with Gasteiger partial charge in [-0.2, -0.15) is 4.98 Å². The van der Waals surface area contributed by atoms with Gasteiger partial charge in [-0.05, 0) is 17.7 Å². The van der Waals surface area contributed by atoms with E-state index in [1.807, 2.05) is 53.9 Å². The maximum absolute atomic E-state index is 13.5. The molecule has 0 aliphatic rings. The average molecular weight is 406 g/mol. The van der Waals surface area contributed by atoms with E-state index in [1.165, 1.54) is 15.9 Å². The zero-order valence-corrected chi connectivity index (χ0v) is 16.4. The van der Waals surface area contributed by atoms with Crippen molar-refractivity contribution in [3.05, 3.63) is 76.4 Å². The van der Waals surface area contributed by atoms with Gasteiger partial charge in [-0.25, -0.2) is 9.99 Å². The third-order valence-corrected chi connectivity index (χ3v) is 5.15. The Bertz CT molecular complexity index is 1200. The van der Waals surface area contributed by atoms with Gasteiger partial charge >= 0.3 is 6.01 Å². The Kier molecular flexibility index (Phi) is 5.37. The summed E-state index contributed by atoms with van der Waals surface area (Å²) in [6.45, 7) is -0.275. The van der Waals surface area contributed by atoms with Crippen molar-refractivity contribution >= 4 is 27.5 Å². The molecule has 2 heterocycles. The molecular weight excluding hydrogens is 388 g/mol. The summed E-state index contributed by atoms with van der Waals surface area (Å²) >= 11 is 1.37. The predicted octanol–water partition coefficient (Wildman–Crippen LogP) is 2.74. The molecule has 0 bridgehead atoms. The highest BCUT2D eigenvalue weighted by Crippen LogP contribution is 2.32. The van der Waals surface area contributed by atoms with Gasteiger partial charge in [-0.15, -0.1) is 11.3 Å². The third-order valence-electron chi connectivity index (χ3n) is 4.27. The molecule has 0 atom stereocenters. The lowest BCUT2D eigenvalue weighted by Crippen LogP contribution is -2.38. The van der Waals surface area contributed by atoms with E-state index >= 15 is 0 Å². The molecule has 8 heteroatoms. The summed E-state index contributed by atoms with van der Waals surface area (Å²) in [5.41, 5.74) is 7.11. The van der Waals surface area contributed by atoms with Crippen molar-refractivity contribution in [2.24, 2.45) is 0 Å². The van der Waals surface area contributed by atoms with Crippen LogP contribution in [0, 0.1) is 0 Å². The van der Waals surface area contributed by atoms with Crippen LogP contribution in [0.2, 0.25) is 0 Å². The lowest BCUT2D eigenvalue weighted by Gasteiger charge is -2.13. The van der Waals surface area contributed by atoms with E-state index in [1.54, 1.807) is 19.2 Å². The maximum atomic E-state index is 13.5. The van der Waals surface area contributed by atoms with Gasteiger partial charge in [0.1, 0.15) is 4.83 Å². The number of carbonyl (C=O) groups is 1. The van der Waals surface area contributed by atoms with Crippen LogP contribution >= 0.6 is 11.3 Å². The molecule has 0 spiro atoms. The highest BCUT2D eigenvalue weighted by molar-refractivity contribution is 7.17. The molecule has 4 aromatic rings. The van der Waals surface area contributed by atoms with Crippen molar-refractivity contribution in [2.45, 2.75) is 0 Å². The number of rotatable bonds is 6. The maximum Gasteiger partial charge on any atom is 0.305 e. The summed E-state index contributed by atoms with van der Waals surface area (Å²) in [4.78, 5) is 30.4. The van der Waals surface area contributed by atoms with Gasteiger partial charge in [-0.1, -0.05) is 48.5 Å². The molecule has 1 amide bonds. The number of nitrogens with one attached hydrogen (secondary N) is 2. The highest BCUT2D eigenvalue weighted by atomic mass is 32.1. The van der Waals surface area contributed by atoms with Gasteiger partial charge in [0.25, 0.3) is 11.5 Å². The van der Waals surface area contributed by atoms with Gasteiger partial charge in [-0.3, -0.25) is 15.0 Å². The SMILES string of the molecule is CNNC(=O)COc1nc2scc(-c3ccccc3)c2c(=O)n1-c1ccccc1. The zero-order chi connectivity index (χ0) is 20.2. The minimum absolute atomic E-state index is 0.0708. The van der Waals surface area contributed by atoms with Crippen LogP contribution in [0.3, 0.4) is 0 Å². The largest absolute Gasteiger partial charge is 0.454 e. The molecule has 0 aliphatic carbocycles. The monoisotopic (exact) mass is 406 g/mol. The number of thiophene rings is 1. The fourth-order valence-corrected chi connectivity index (χ4v) is 3.94. The smallest absolute Gasteiger partial charge is 0.305 e. The first-order chi connectivity index (χ1) is 14.2.